The molecule has 0 unspecified atom stereocenters. The molecular weight excluding hydrogens is 476 g/mol. The van der Waals surface area contributed by atoms with E-state index in [-0.39, 0.29) is 35.1 Å². The molecule has 1 saturated carbocycles. The van der Waals surface area contributed by atoms with Crippen molar-refractivity contribution < 1.29 is 14.4 Å². The standard InChI is InChI=1S/C31H42N4O3/c1-19(2)27(36)33-17-21-14-24(20(3)32-16-21)28(37)34-22-8-9-26-25(15-22)29(38)35(18-31(26,6)7)23-10-12-30(4,5)13-11-23/h8-9,14-16,19,23H,10-13,17-18H2,1-7H3,(H,33,36)(H,34,37). The number of fused-ring (bicyclic) bond motifs is 1. The van der Waals surface area contributed by atoms with Crippen LogP contribution in [0.1, 0.15) is 105 Å². The zero-order valence-electron chi connectivity index (χ0n) is 23.9. The average molecular weight is 519 g/mol. The van der Waals surface area contributed by atoms with Gasteiger partial charge in [-0.1, -0.05) is 47.6 Å². The quantitative estimate of drug-likeness (QED) is 0.519. The Balaban J connectivity index is 1.53. The highest BCUT2D eigenvalue weighted by Crippen LogP contribution is 2.41. The van der Waals surface area contributed by atoms with Crippen molar-refractivity contribution in [1.82, 2.24) is 15.2 Å². The molecule has 0 saturated heterocycles. The number of hydrogen-bond acceptors (Lipinski definition) is 4. The predicted octanol–water partition coefficient (Wildman–Crippen LogP) is 5.62. The lowest BCUT2D eigenvalue weighted by molar-refractivity contribution is -0.124. The molecule has 0 bridgehead atoms. The number of anilines is 1. The summed E-state index contributed by atoms with van der Waals surface area (Å²) >= 11 is 0. The molecule has 2 aliphatic rings. The van der Waals surface area contributed by atoms with Crippen LogP contribution in [0.2, 0.25) is 0 Å². The van der Waals surface area contributed by atoms with E-state index in [1.165, 1.54) is 0 Å². The van der Waals surface area contributed by atoms with Crippen molar-refractivity contribution in [3.05, 3.63) is 58.4 Å². The van der Waals surface area contributed by atoms with E-state index in [9.17, 15) is 14.4 Å². The number of nitrogens with one attached hydrogen (secondary N) is 2. The van der Waals surface area contributed by atoms with Crippen LogP contribution in [0.3, 0.4) is 0 Å². The summed E-state index contributed by atoms with van der Waals surface area (Å²) in [6, 6.07) is 7.70. The van der Waals surface area contributed by atoms with Crippen molar-refractivity contribution in [2.24, 2.45) is 11.3 Å². The van der Waals surface area contributed by atoms with E-state index in [1.807, 2.05) is 32.0 Å². The van der Waals surface area contributed by atoms with Crippen LogP contribution in [-0.2, 0) is 16.8 Å². The summed E-state index contributed by atoms with van der Waals surface area (Å²) in [7, 11) is 0. The van der Waals surface area contributed by atoms with Gasteiger partial charge in [-0.2, -0.15) is 0 Å². The van der Waals surface area contributed by atoms with Gasteiger partial charge in [0.2, 0.25) is 5.91 Å². The molecule has 0 radical (unpaired) electrons. The Kier molecular flexibility index (Phi) is 7.69. The monoisotopic (exact) mass is 518 g/mol. The SMILES string of the molecule is Cc1ncc(CNC(=O)C(C)C)cc1C(=O)Nc1ccc2c(c1)C(=O)N(C1CCC(C)(C)CC1)CC2(C)C. The van der Waals surface area contributed by atoms with Crippen molar-refractivity contribution in [2.45, 2.75) is 92.2 Å². The molecule has 204 valence electrons. The van der Waals surface area contributed by atoms with E-state index in [4.69, 9.17) is 0 Å². The van der Waals surface area contributed by atoms with Crippen LogP contribution < -0.4 is 10.6 Å². The van der Waals surface area contributed by atoms with Gasteiger partial charge < -0.3 is 15.5 Å². The Hall–Kier alpha value is -3.22. The number of hydrogen-bond donors (Lipinski definition) is 2. The minimum absolute atomic E-state index is 0.0517. The van der Waals surface area contributed by atoms with Crippen LogP contribution in [-0.4, -0.2) is 40.2 Å². The smallest absolute Gasteiger partial charge is 0.257 e. The van der Waals surface area contributed by atoms with Gasteiger partial charge in [-0.05, 0) is 67.3 Å². The highest BCUT2D eigenvalue weighted by Gasteiger charge is 2.41. The van der Waals surface area contributed by atoms with E-state index in [0.717, 1.165) is 36.8 Å². The van der Waals surface area contributed by atoms with Gasteiger partial charge in [0.05, 0.1) is 5.56 Å². The molecule has 0 atom stereocenters. The number of carbonyl (C=O) groups excluding carboxylic acids is 3. The second kappa shape index (κ2) is 10.5. The maximum absolute atomic E-state index is 13.7. The van der Waals surface area contributed by atoms with Crippen LogP contribution in [0.4, 0.5) is 5.69 Å². The largest absolute Gasteiger partial charge is 0.352 e. The van der Waals surface area contributed by atoms with Crippen LogP contribution in [0.15, 0.2) is 30.5 Å². The van der Waals surface area contributed by atoms with Gasteiger partial charge in [0.15, 0.2) is 0 Å². The Morgan fingerprint density at radius 2 is 1.79 bits per heavy atom. The molecule has 3 amide bonds. The molecule has 1 aliphatic heterocycles. The first kappa shape index (κ1) is 27.8. The molecule has 4 rings (SSSR count). The summed E-state index contributed by atoms with van der Waals surface area (Å²) < 4.78 is 0. The van der Waals surface area contributed by atoms with Crippen LogP contribution in [0.5, 0.6) is 0 Å². The third kappa shape index (κ3) is 5.92. The average Bonchev–Trinajstić information content (AvgIpc) is 2.85. The fourth-order valence-electron chi connectivity index (χ4n) is 5.61. The van der Waals surface area contributed by atoms with E-state index in [0.29, 0.717) is 41.0 Å². The lowest BCUT2D eigenvalue weighted by Crippen LogP contribution is -2.52. The number of benzene rings is 1. The molecule has 1 aliphatic carbocycles. The maximum Gasteiger partial charge on any atom is 0.257 e. The molecule has 38 heavy (non-hydrogen) atoms. The molecular formula is C31H42N4O3. The summed E-state index contributed by atoms with van der Waals surface area (Å²) in [6.45, 7) is 15.5. The van der Waals surface area contributed by atoms with Crippen LogP contribution in [0.25, 0.3) is 0 Å². The van der Waals surface area contributed by atoms with Gasteiger partial charge >= 0.3 is 0 Å². The number of carbonyl (C=O) groups is 3. The van der Waals surface area contributed by atoms with Crippen LogP contribution >= 0.6 is 0 Å². The normalized spacial score (nSPS) is 18.7. The van der Waals surface area contributed by atoms with E-state index >= 15 is 0 Å². The van der Waals surface area contributed by atoms with Gasteiger partial charge in [-0.25, -0.2) is 0 Å². The van der Waals surface area contributed by atoms with Gasteiger partial charge in [-0.15, -0.1) is 0 Å². The first-order valence-electron chi connectivity index (χ1n) is 13.8. The first-order chi connectivity index (χ1) is 17.8. The van der Waals surface area contributed by atoms with E-state index in [2.05, 4.69) is 48.2 Å². The zero-order valence-corrected chi connectivity index (χ0v) is 23.9. The van der Waals surface area contributed by atoms with Crippen molar-refractivity contribution >= 4 is 23.4 Å². The van der Waals surface area contributed by atoms with Gasteiger partial charge in [0.25, 0.3) is 11.8 Å². The molecule has 1 aromatic carbocycles. The number of amides is 3. The van der Waals surface area contributed by atoms with Crippen molar-refractivity contribution in [3.8, 4) is 0 Å². The molecule has 2 N–H and O–H groups in total. The zero-order chi connectivity index (χ0) is 27.8. The Morgan fingerprint density at radius 1 is 1.11 bits per heavy atom. The summed E-state index contributed by atoms with van der Waals surface area (Å²) in [5, 5.41) is 5.84. The van der Waals surface area contributed by atoms with Crippen molar-refractivity contribution in [2.75, 3.05) is 11.9 Å². The minimum atomic E-state index is -0.291. The predicted molar refractivity (Wildman–Crippen MR) is 150 cm³/mol. The molecule has 7 nitrogen and oxygen atoms in total. The van der Waals surface area contributed by atoms with Gasteiger partial charge in [-0.3, -0.25) is 19.4 Å². The summed E-state index contributed by atoms with van der Waals surface area (Å²) in [6.07, 6.45) is 5.98. The lowest BCUT2D eigenvalue weighted by Gasteiger charge is -2.46. The molecule has 2 aromatic rings. The van der Waals surface area contributed by atoms with Crippen LogP contribution in [0, 0.1) is 18.3 Å². The third-order valence-electron chi connectivity index (χ3n) is 8.19. The summed E-state index contributed by atoms with van der Waals surface area (Å²) in [5.41, 5.74) is 4.24. The molecule has 0 spiro atoms. The molecule has 2 heterocycles. The minimum Gasteiger partial charge on any atom is -0.352 e. The van der Waals surface area contributed by atoms with Crippen molar-refractivity contribution in [3.63, 3.8) is 0 Å². The highest BCUT2D eigenvalue weighted by molar-refractivity contribution is 6.06. The Bertz CT molecular complexity index is 1240. The maximum atomic E-state index is 13.7. The first-order valence-corrected chi connectivity index (χ1v) is 13.8. The fourth-order valence-corrected chi connectivity index (χ4v) is 5.61. The number of rotatable bonds is 6. The Labute approximate surface area is 226 Å². The number of pyridine rings is 1. The molecule has 1 aromatic heterocycles. The second-order valence-corrected chi connectivity index (χ2v) is 12.8. The molecule has 1 fully saturated rings. The topological polar surface area (TPSA) is 91.4 Å². The Morgan fingerprint density at radius 3 is 2.45 bits per heavy atom. The van der Waals surface area contributed by atoms with Gasteiger partial charge in [0, 0.05) is 53.6 Å². The highest BCUT2D eigenvalue weighted by atomic mass is 16.2. The lowest BCUT2D eigenvalue weighted by atomic mass is 9.73. The number of nitrogens with zero attached hydrogens (tertiary/aromatic N) is 2. The van der Waals surface area contributed by atoms with Crippen molar-refractivity contribution in [1.29, 1.82) is 0 Å². The van der Waals surface area contributed by atoms with E-state index in [1.54, 1.807) is 19.2 Å². The number of aryl methyl sites for hydroxylation is 1. The van der Waals surface area contributed by atoms with E-state index < -0.39 is 0 Å². The van der Waals surface area contributed by atoms with Gasteiger partial charge in [0.1, 0.15) is 0 Å². The summed E-state index contributed by atoms with van der Waals surface area (Å²) in [4.78, 5) is 45.3. The summed E-state index contributed by atoms with van der Waals surface area (Å²) in [5.74, 6) is -0.403. The molecule has 7 heteroatoms. The third-order valence-corrected chi connectivity index (χ3v) is 8.19. The fraction of sp³-hybridized carbons (Fsp3) is 0.548. The number of aromatic nitrogens is 1. The second-order valence-electron chi connectivity index (χ2n) is 12.8.